The first-order valence-corrected chi connectivity index (χ1v) is 7.08. The minimum Gasteiger partial charge on any atom is -0.481 e. The van der Waals surface area contributed by atoms with Crippen LogP contribution >= 0.6 is 11.6 Å². The highest BCUT2D eigenvalue weighted by Crippen LogP contribution is 2.27. The van der Waals surface area contributed by atoms with E-state index in [4.69, 9.17) is 16.3 Å². The molecule has 0 amide bonds. The first-order valence-electron chi connectivity index (χ1n) is 6.70. The minimum absolute atomic E-state index is 0.358. The summed E-state index contributed by atoms with van der Waals surface area (Å²) in [6.07, 6.45) is 3.15. The molecule has 0 saturated carbocycles. The van der Waals surface area contributed by atoms with Crippen LogP contribution in [0.25, 0.3) is 0 Å². The van der Waals surface area contributed by atoms with Crippen LogP contribution in [-0.4, -0.2) is 24.3 Å². The molecule has 4 heteroatoms. The van der Waals surface area contributed by atoms with E-state index in [1.54, 1.807) is 0 Å². The van der Waals surface area contributed by atoms with Crippen molar-refractivity contribution in [1.82, 2.24) is 0 Å². The van der Waals surface area contributed by atoms with Crippen LogP contribution in [0.4, 0.5) is 0 Å². The molecule has 19 heavy (non-hydrogen) atoms. The predicted octanol–water partition coefficient (Wildman–Crippen LogP) is 3.40. The SMILES string of the molecule is O=C(O)C(Cc1ccccc1Cl)CC1CCOCC1. The molecule has 1 aromatic carbocycles. The maximum absolute atomic E-state index is 11.4. The normalized spacial score (nSPS) is 18.2. The van der Waals surface area contributed by atoms with E-state index in [1.807, 2.05) is 24.3 Å². The third-order valence-electron chi connectivity index (χ3n) is 3.73. The third-order valence-corrected chi connectivity index (χ3v) is 4.10. The van der Waals surface area contributed by atoms with Gasteiger partial charge < -0.3 is 9.84 Å². The van der Waals surface area contributed by atoms with Crippen LogP contribution in [0, 0.1) is 11.8 Å². The summed E-state index contributed by atoms with van der Waals surface area (Å²) in [5.74, 6) is -0.633. The van der Waals surface area contributed by atoms with Gasteiger partial charge in [0.2, 0.25) is 0 Å². The van der Waals surface area contributed by atoms with Gasteiger partial charge in [-0.1, -0.05) is 29.8 Å². The van der Waals surface area contributed by atoms with Crippen molar-refractivity contribution in [2.24, 2.45) is 11.8 Å². The van der Waals surface area contributed by atoms with Gasteiger partial charge in [0, 0.05) is 18.2 Å². The number of carboxylic acid groups (broad SMARTS) is 1. The third kappa shape index (κ3) is 4.22. The Hall–Kier alpha value is -1.06. The van der Waals surface area contributed by atoms with E-state index in [9.17, 15) is 9.90 Å². The quantitative estimate of drug-likeness (QED) is 0.900. The minimum atomic E-state index is -0.730. The van der Waals surface area contributed by atoms with Crippen molar-refractivity contribution in [2.75, 3.05) is 13.2 Å². The number of hydrogen-bond acceptors (Lipinski definition) is 2. The molecule has 1 aromatic rings. The monoisotopic (exact) mass is 282 g/mol. The highest BCUT2D eigenvalue weighted by molar-refractivity contribution is 6.31. The molecule has 104 valence electrons. The van der Waals surface area contributed by atoms with Gasteiger partial charge in [-0.25, -0.2) is 0 Å². The van der Waals surface area contributed by atoms with Crippen molar-refractivity contribution in [3.05, 3.63) is 34.9 Å². The molecule has 1 aliphatic rings. The van der Waals surface area contributed by atoms with Crippen molar-refractivity contribution in [2.45, 2.75) is 25.7 Å². The van der Waals surface area contributed by atoms with E-state index in [1.165, 1.54) is 0 Å². The Balaban J connectivity index is 2.00. The number of carboxylic acids is 1. The fourth-order valence-electron chi connectivity index (χ4n) is 2.59. The lowest BCUT2D eigenvalue weighted by atomic mass is 9.85. The molecular weight excluding hydrogens is 264 g/mol. The van der Waals surface area contributed by atoms with Gasteiger partial charge in [0.1, 0.15) is 0 Å². The molecule has 1 aliphatic heterocycles. The molecule has 1 fully saturated rings. The van der Waals surface area contributed by atoms with Crippen LogP contribution in [0.15, 0.2) is 24.3 Å². The van der Waals surface area contributed by atoms with Gasteiger partial charge in [-0.2, -0.15) is 0 Å². The van der Waals surface area contributed by atoms with Gasteiger partial charge in [0.05, 0.1) is 5.92 Å². The highest BCUT2D eigenvalue weighted by Gasteiger charge is 2.25. The van der Waals surface area contributed by atoms with Gasteiger partial charge in [-0.05, 0) is 43.2 Å². The zero-order valence-corrected chi connectivity index (χ0v) is 11.6. The molecular formula is C15H19ClO3. The van der Waals surface area contributed by atoms with Gasteiger partial charge in [0.15, 0.2) is 0 Å². The Kier molecular flexibility index (Phi) is 5.23. The molecule has 1 unspecified atom stereocenters. The summed E-state index contributed by atoms with van der Waals surface area (Å²) in [7, 11) is 0. The first-order chi connectivity index (χ1) is 9.16. The van der Waals surface area contributed by atoms with Crippen molar-refractivity contribution in [3.63, 3.8) is 0 Å². The lowest BCUT2D eigenvalue weighted by Gasteiger charge is -2.25. The van der Waals surface area contributed by atoms with E-state index < -0.39 is 5.97 Å². The van der Waals surface area contributed by atoms with Gasteiger partial charge in [-0.15, -0.1) is 0 Å². The van der Waals surface area contributed by atoms with Crippen molar-refractivity contribution < 1.29 is 14.6 Å². The zero-order valence-electron chi connectivity index (χ0n) is 10.8. The highest BCUT2D eigenvalue weighted by atomic mass is 35.5. The Morgan fingerprint density at radius 3 is 2.68 bits per heavy atom. The molecule has 0 spiro atoms. The summed E-state index contributed by atoms with van der Waals surface area (Å²) >= 11 is 6.10. The summed E-state index contributed by atoms with van der Waals surface area (Å²) in [5.41, 5.74) is 0.920. The van der Waals surface area contributed by atoms with E-state index in [0.29, 0.717) is 23.8 Å². The Morgan fingerprint density at radius 2 is 2.05 bits per heavy atom. The second-order valence-corrected chi connectivity index (χ2v) is 5.53. The Morgan fingerprint density at radius 1 is 1.37 bits per heavy atom. The number of hydrogen-bond donors (Lipinski definition) is 1. The van der Waals surface area contributed by atoms with Gasteiger partial charge in [0.25, 0.3) is 0 Å². The largest absolute Gasteiger partial charge is 0.481 e. The van der Waals surface area contributed by atoms with E-state index in [0.717, 1.165) is 31.6 Å². The van der Waals surface area contributed by atoms with E-state index in [2.05, 4.69) is 0 Å². The molecule has 1 saturated heterocycles. The number of halogens is 1. The number of aliphatic carboxylic acids is 1. The van der Waals surface area contributed by atoms with Crippen LogP contribution in [0.1, 0.15) is 24.8 Å². The first kappa shape index (κ1) is 14.4. The Bertz CT molecular complexity index is 427. The number of ether oxygens (including phenoxy) is 1. The average Bonchev–Trinajstić information content (AvgIpc) is 2.41. The second-order valence-electron chi connectivity index (χ2n) is 5.12. The topological polar surface area (TPSA) is 46.5 Å². The lowest BCUT2D eigenvalue weighted by molar-refractivity contribution is -0.142. The maximum atomic E-state index is 11.4. The van der Waals surface area contributed by atoms with Gasteiger partial charge in [-0.3, -0.25) is 4.79 Å². The van der Waals surface area contributed by atoms with Crippen LogP contribution in [0.5, 0.6) is 0 Å². The summed E-state index contributed by atoms with van der Waals surface area (Å²) < 4.78 is 5.31. The summed E-state index contributed by atoms with van der Waals surface area (Å²) in [6.45, 7) is 1.51. The zero-order chi connectivity index (χ0) is 13.7. The molecule has 3 nitrogen and oxygen atoms in total. The fraction of sp³-hybridized carbons (Fsp3) is 0.533. The van der Waals surface area contributed by atoms with Crippen molar-refractivity contribution in [3.8, 4) is 0 Å². The number of benzene rings is 1. The number of carbonyl (C=O) groups is 1. The predicted molar refractivity (Wildman–Crippen MR) is 74.4 cm³/mol. The van der Waals surface area contributed by atoms with Crippen molar-refractivity contribution >= 4 is 17.6 Å². The summed E-state index contributed by atoms with van der Waals surface area (Å²) in [5, 5.41) is 10.0. The molecule has 0 aliphatic carbocycles. The summed E-state index contributed by atoms with van der Waals surface area (Å²) in [4.78, 5) is 11.4. The van der Waals surface area contributed by atoms with Gasteiger partial charge >= 0.3 is 5.97 Å². The molecule has 1 N–H and O–H groups in total. The molecule has 0 aromatic heterocycles. The van der Waals surface area contributed by atoms with E-state index in [-0.39, 0.29) is 5.92 Å². The number of rotatable bonds is 5. The molecule has 2 rings (SSSR count). The Labute approximate surface area is 118 Å². The molecule has 0 bridgehead atoms. The average molecular weight is 283 g/mol. The lowest BCUT2D eigenvalue weighted by Crippen LogP contribution is -2.24. The second kappa shape index (κ2) is 6.92. The molecule has 0 radical (unpaired) electrons. The van der Waals surface area contributed by atoms with Crippen LogP contribution in [-0.2, 0) is 16.0 Å². The maximum Gasteiger partial charge on any atom is 0.306 e. The summed E-state index contributed by atoms with van der Waals surface area (Å²) in [6, 6.07) is 7.47. The fourth-order valence-corrected chi connectivity index (χ4v) is 2.80. The smallest absolute Gasteiger partial charge is 0.306 e. The standard InChI is InChI=1S/C15H19ClO3/c16-14-4-2-1-3-12(14)10-13(15(17)18)9-11-5-7-19-8-6-11/h1-4,11,13H,5-10H2,(H,17,18). The van der Waals surface area contributed by atoms with Crippen LogP contribution < -0.4 is 0 Å². The van der Waals surface area contributed by atoms with Crippen LogP contribution in [0.3, 0.4) is 0 Å². The molecule has 1 heterocycles. The van der Waals surface area contributed by atoms with Crippen molar-refractivity contribution in [1.29, 1.82) is 0 Å². The van der Waals surface area contributed by atoms with Crippen LogP contribution in [0.2, 0.25) is 5.02 Å². The van der Waals surface area contributed by atoms with E-state index >= 15 is 0 Å². The molecule has 1 atom stereocenters.